The second-order valence-electron chi connectivity index (χ2n) is 6.18. The number of aromatic nitrogens is 2. The molecule has 1 amide bonds. The van der Waals surface area contributed by atoms with Crippen LogP contribution in [-0.4, -0.2) is 26.8 Å². The van der Waals surface area contributed by atoms with E-state index in [4.69, 9.17) is 5.11 Å². The zero-order chi connectivity index (χ0) is 18.4. The van der Waals surface area contributed by atoms with Gasteiger partial charge in [-0.3, -0.25) is 4.79 Å². The van der Waals surface area contributed by atoms with Gasteiger partial charge in [0.1, 0.15) is 12.2 Å². The fourth-order valence-electron chi connectivity index (χ4n) is 2.73. The third kappa shape index (κ3) is 4.68. The zero-order valence-electron chi connectivity index (χ0n) is 14.9. The highest BCUT2D eigenvalue weighted by Crippen LogP contribution is 2.22. The van der Waals surface area contributed by atoms with Crippen molar-refractivity contribution in [1.82, 2.24) is 15.1 Å². The topological polar surface area (TPSA) is 84.2 Å². The van der Waals surface area contributed by atoms with Gasteiger partial charge in [0.05, 0.1) is 6.04 Å². The Morgan fingerprint density at radius 2 is 1.76 bits per heavy atom. The van der Waals surface area contributed by atoms with E-state index in [9.17, 15) is 9.59 Å². The van der Waals surface area contributed by atoms with Crippen LogP contribution in [0.2, 0.25) is 0 Å². The van der Waals surface area contributed by atoms with Gasteiger partial charge in [0.15, 0.2) is 0 Å². The Hall–Kier alpha value is -2.63. The smallest absolute Gasteiger partial charge is 0.354 e. The number of amides is 1. The highest BCUT2D eigenvalue weighted by molar-refractivity contribution is 5.86. The molecule has 0 aliphatic heterocycles. The Morgan fingerprint density at radius 1 is 1.12 bits per heavy atom. The molecular weight excluding hydrogens is 318 g/mol. The van der Waals surface area contributed by atoms with Gasteiger partial charge in [0, 0.05) is 6.20 Å². The SMILES string of the molecule is CCC(C)c1ccc(C(CC)NC(=O)Cn2nccc2C(=O)O)cc1. The molecule has 134 valence electrons. The first-order valence-electron chi connectivity index (χ1n) is 8.60. The minimum atomic E-state index is -1.10. The van der Waals surface area contributed by atoms with Gasteiger partial charge in [-0.1, -0.05) is 45.0 Å². The Labute approximate surface area is 147 Å². The Bertz CT molecular complexity index is 722. The van der Waals surface area contributed by atoms with Crippen molar-refractivity contribution in [2.75, 3.05) is 0 Å². The van der Waals surface area contributed by atoms with Gasteiger partial charge in [-0.05, 0) is 36.0 Å². The van der Waals surface area contributed by atoms with Crippen molar-refractivity contribution in [2.45, 2.75) is 52.1 Å². The number of hydrogen-bond donors (Lipinski definition) is 2. The fourth-order valence-corrected chi connectivity index (χ4v) is 2.73. The third-order valence-electron chi connectivity index (χ3n) is 4.49. The first-order chi connectivity index (χ1) is 12.0. The molecule has 2 atom stereocenters. The van der Waals surface area contributed by atoms with Gasteiger partial charge in [-0.2, -0.15) is 5.10 Å². The summed E-state index contributed by atoms with van der Waals surface area (Å²) in [7, 11) is 0. The number of nitrogens with one attached hydrogen (secondary N) is 1. The van der Waals surface area contributed by atoms with E-state index >= 15 is 0 Å². The summed E-state index contributed by atoms with van der Waals surface area (Å²) in [6.45, 7) is 6.24. The summed E-state index contributed by atoms with van der Waals surface area (Å²) < 4.78 is 1.19. The molecule has 0 fully saturated rings. The molecule has 0 radical (unpaired) electrons. The van der Waals surface area contributed by atoms with Crippen LogP contribution in [0.3, 0.4) is 0 Å². The molecule has 25 heavy (non-hydrogen) atoms. The molecule has 2 unspecified atom stereocenters. The lowest BCUT2D eigenvalue weighted by molar-refractivity contribution is -0.122. The van der Waals surface area contributed by atoms with Crippen molar-refractivity contribution in [3.05, 3.63) is 53.3 Å². The maximum Gasteiger partial charge on any atom is 0.354 e. The first-order valence-corrected chi connectivity index (χ1v) is 8.60. The number of carbonyl (C=O) groups is 2. The van der Waals surface area contributed by atoms with Crippen LogP contribution in [0.1, 0.15) is 67.2 Å². The molecule has 6 nitrogen and oxygen atoms in total. The van der Waals surface area contributed by atoms with Gasteiger partial charge in [0.2, 0.25) is 5.91 Å². The molecule has 0 spiro atoms. The summed E-state index contributed by atoms with van der Waals surface area (Å²) in [6, 6.07) is 9.57. The monoisotopic (exact) mass is 343 g/mol. The summed E-state index contributed by atoms with van der Waals surface area (Å²) >= 11 is 0. The van der Waals surface area contributed by atoms with E-state index in [-0.39, 0.29) is 24.2 Å². The van der Waals surface area contributed by atoms with Crippen molar-refractivity contribution in [1.29, 1.82) is 0 Å². The second kappa shape index (κ2) is 8.46. The van der Waals surface area contributed by atoms with Crippen LogP contribution in [-0.2, 0) is 11.3 Å². The summed E-state index contributed by atoms with van der Waals surface area (Å²) in [5.41, 5.74) is 2.33. The lowest BCUT2D eigenvalue weighted by atomic mass is 9.95. The van der Waals surface area contributed by atoms with E-state index in [0.717, 1.165) is 18.4 Å². The summed E-state index contributed by atoms with van der Waals surface area (Å²) in [5.74, 6) is -0.847. The van der Waals surface area contributed by atoms with Crippen molar-refractivity contribution in [3.63, 3.8) is 0 Å². The largest absolute Gasteiger partial charge is 0.477 e. The predicted octanol–water partition coefficient (Wildman–Crippen LogP) is 3.36. The van der Waals surface area contributed by atoms with E-state index < -0.39 is 5.97 Å². The van der Waals surface area contributed by atoms with Crippen molar-refractivity contribution >= 4 is 11.9 Å². The molecule has 0 bridgehead atoms. The average molecular weight is 343 g/mol. The molecule has 2 N–H and O–H groups in total. The highest BCUT2D eigenvalue weighted by atomic mass is 16.4. The number of carbonyl (C=O) groups excluding carboxylic acids is 1. The van der Waals surface area contributed by atoms with E-state index in [2.05, 4.69) is 36.4 Å². The van der Waals surface area contributed by atoms with Crippen LogP contribution in [0, 0.1) is 0 Å². The minimum Gasteiger partial charge on any atom is -0.477 e. The number of rotatable bonds is 8. The van der Waals surface area contributed by atoms with E-state index in [1.165, 1.54) is 22.5 Å². The highest BCUT2D eigenvalue weighted by Gasteiger charge is 2.17. The normalized spacial score (nSPS) is 13.2. The Morgan fingerprint density at radius 3 is 2.32 bits per heavy atom. The van der Waals surface area contributed by atoms with Gasteiger partial charge >= 0.3 is 5.97 Å². The van der Waals surface area contributed by atoms with Gasteiger partial charge in [-0.25, -0.2) is 9.48 Å². The summed E-state index contributed by atoms with van der Waals surface area (Å²) in [5, 5.41) is 15.9. The number of nitrogens with zero attached hydrogens (tertiary/aromatic N) is 2. The first kappa shape index (κ1) is 18.7. The van der Waals surface area contributed by atoms with Crippen molar-refractivity contribution in [3.8, 4) is 0 Å². The molecule has 0 aliphatic rings. The maximum atomic E-state index is 12.3. The van der Waals surface area contributed by atoms with E-state index in [0.29, 0.717) is 5.92 Å². The van der Waals surface area contributed by atoms with Gasteiger partial charge < -0.3 is 10.4 Å². The van der Waals surface area contributed by atoms with E-state index in [1.807, 2.05) is 19.1 Å². The second-order valence-corrected chi connectivity index (χ2v) is 6.18. The molecule has 2 rings (SSSR count). The van der Waals surface area contributed by atoms with Crippen molar-refractivity contribution in [2.24, 2.45) is 0 Å². The number of carboxylic acids is 1. The summed E-state index contributed by atoms with van der Waals surface area (Å²) in [4.78, 5) is 23.4. The third-order valence-corrected chi connectivity index (χ3v) is 4.49. The van der Waals surface area contributed by atoms with Gasteiger partial charge in [-0.15, -0.1) is 0 Å². The number of aromatic carboxylic acids is 1. The standard InChI is InChI=1S/C19H25N3O3/c1-4-13(3)14-6-8-15(9-7-14)16(5-2)21-18(23)12-22-17(19(24)25)10-11-20-22/h6-11,13,16H,4-5,12H2,1-3H3,(H,21,23)(H,24,25). The molecule has 2 aromatic rings. The molecule has 0 aliphatic carbocycles. The number of carboxylic acid groups (broad SMARTS) is 1. The number of benzene rings is 1. The van der Waals surface area contributed by atoms with Gasteiger partial charge in [0.25, 0.3) is 0 Å². The lowest BCUT2D eigenvalue weighted by Gasteiger charge is -2.19. The quantitative estimate of drug-likeness (QED) is 0.770. The molecular formula is C19H25N3O3. The van der Waals surface area contributed by atoms with Crippen LogP contribution < -0.4 is 5.32 Å². The minimum absolute atomic E-state index is 0.00102. The summed E-state index contributed by atoms with van der Waals surface area (Å²) in [6.07, 6.45) is 3.21. The van der Waals surface area contributed by atoms with Crippen LogP contribution in [0.5, 0.6) is 0 Å². The lowest BCUT2D eigenvalue weighted by Crippen LogP contribution is -2.32. The molecule has 0 saturated carbocycles. The Balaban J connectivity index is 2.04. The molecule has 1 aromatic heterocycles. The maximum absolute atomic E-state index is 12.3. The molecule has 6 heteroatoms. The van der Waals surface area contributed by atoms with Crippen LogP contribution >= 0.6 is 0 Å². The molecule has 1 heterocycles. The average Bonchev–Trinajstić information content (AvgIpc) is 3.07. The van der Waals surface area contributed by atoms with Crippen LogP contribution in [0.4, 0.5) is 0 Å². The predicted molar refractivity (Wildman–Crippen MR) is 95.5 cm³/mol. The molecule has 0 saturated heterocycles. The number of hydrogen-bond acceptors (Lipinski definition) is 3. The Kier molecular flexibility index (Phi) is 6.33. The zero-order valence-corrected chi connectivity index (χ0v) is 14.9. The van der Waals surface area contributed by atoms with Crippen molar-refractivity contribution < 1.29 is 14.7 Å². The molecule has 1 aromatic carbocycles. The van der Waals surface area contributed by atoms with Crippen LogP contribution in [0.25, 0.3) is 0 Å². The fraction of sp³-hybridized carbons (Fsp3) is 0.421. The van der Waals surface area contributed by atoms with E-state index in [1.54, 1.807) is 0 Å². The van der Waals surface area contributed by atoms with Crippen LogP contribution in [0.15, 0.2) is 36.5 Å².